The summed E-state index contributed by atoms with van der Waals surface area (Å²) in [6.45, 7) is 7.00. The van der Waals surface area contributed by atoms with Crippen LogP contribution in [0.1, 0.15) is 48.4 Å². The molecule has 10 heteroatoms. The summed E-state index contributed by atoms with van der Waals surface area (Å²) in [6.07, 6.45) is -0.568. The first-order valence-electron chi connectivity index (χ1n) is 9.42. The van der Waals surface area contributed by atoms with Gasteiger partial charge < -0.3 is 24.6 Å². The third kappa shape index (κ3) is 5.62. The minimum absolute atomic E-state index is 0.218. The summed E-state index contributed by atoms with van der Waals surface area (Å²) in [7, 11) is 1.15. The largest absolute Gasteiger partial charge is 0.504 e. The van der Waals surface area contributed by atoms with E-state index in [1.807, 2.05) is 0 Å². The van der Waals surface area contributed by atoms with E-state index in [2.05, 4.69) is 5.32 Å². The van der Waals surface area contributed by atoms with Gasteiger partial charge in [0.05, 0.1) is 41.1 Å². The van der Waals surface area contributed by atoms with Crippen LogP contribution >= 0.6 is 0 Å². The zero-order valence-corrected chi connectivity index (χ0v) is 17.8. The Bertz CT molecular complexity index is 1000. The minimum Gasteiger partial charge on any atom is -0.504 e. The van der Waals surface area contributed by atoms with Crippen molar-refractivity contribution < 1.29 is 33.8 Å². The number of carbonyl (C=O) groups excluding carboxylic acids is 2. The zero-order chi connectivity index (χ0) is 23.3. The number of nitrogens with zero attached hydrogens (tertiary/aromatic N) is 1. The van der Waals surface area contributed by atoms with E-state index < -0.39 is 34.0 Å². The number of aromatic hydroxyl groups is 1. The van der Waals surface area contributed by atoms with Crippen LogP contribution in [0.15, 0.2) is 30.3 Å². The lowest BCUT2D eigenvalue weighted by atomic mass is 10.1. The molecule has 2 N–H and O–H groups in total. The maximum Gasteiger partial charge on any atom is 0.338 e. The lowest BCUT2D eigenvalue weighted by Crippen LogP contribution is -2.16. The van der Waals surface area contributed by atoms with Crippen molar-refractivity contribution in [3.63, 3.8) is 0 Å². The third-order valence-corrected chi connectivity index (χ3v) is 3.93. The number of rotatable bonds is 8. The number of nitro benzene ring substituents is 1. The van der Waals surface area contributed by atoms with Gasteiger partial charge in [-0.05, 0) is 52.0 Å². The number of nitro groups is 1. The first-order valence-corrected chi connectivity index (χ1v) is 9.42. The maximum absolute atomic E-state index is 12.7. The van der Waals surface area contributed by atoms with Gasteiger partial charge in [0.2, 0.25) is 5.75 Å². The van der Waals surface area contributed by atoms with Crippen LogP contribution in [0.2, 0.25) is 0 Å². The van der Waals surface area contributed by atoms with Crippen molar-refractivity contribution in [2.75, 3.05) is 12.4 Å². The molecular formula is C21H24N2O8. The Balaban J connectivity index is 2.40. The van der Waals surface area contributed by atoms with Gasteiger partial charge in [0.1, 0.15) is 5.75 Å². The number of methoxy groups -OCH3 is 1. The zero-order valence-electron chi connectivity index (χ0n) is 17.8. The van der Waals surface area contributed by atoms with E-state index in [0.29, 0.717) is 0 Å². The molecule has 166 valence electrons. The van der Waals surface area contributed by atoms with Gasteiger partial charge in [-0.25, -0.2) is 4.79 Å². The van der Waals surface area contributed by atoms with Crippen LogP contribution in [-0.4, -0.2) is 41.2 Å². The molecule has 0 radical (unpaired) electrons. The van der Waals surface area contributed by atoms with Crippen LogP contribution < -0.4 is 14.8 Å². The summed E-state index contributed by atoms with van der Waals surface area (Å²) in [5.74, 6) is -2.17. The lowest BCUT2D eigenvalue weighted by Gasteiger charge is -2.17. The highest BCUT2D eigenvalue weighted by Crippen LogP contribution is 2.39. The van der Waals surface area contributed by atoms with E-state index in [-0.39, 0.29) is 34.8 Å². The number of hydrogen-bond acceptors (Lipinski definition) is 8. The van der Waals surface area contributed by atoms with Crippen LogP contribution in [0.4, 0.5) is 11.4 Å². The number of carbonyl (C=O) groups is 2. The summed E-state index contributed by atoms with van der Waals surface area (Å²) in [5, 5.41) is 23.9. The number of esters is 1. The molecule has 0 unspecified atom stereocenters. The molecule has 0 heterocycles. The molecule has 2 aromatic rings. The second-order valence-electron chi connectivity index (χ2n) is 7.06. The number of amides is 1. The molecule has 0 saturated carbocycles. The fraction of sp³-hybridized carbons (Fsp3) is 0.333. The van der Waals surface area contributed by atoms with Crippen molar-refractivity contribution in [1.29, 1.82) is 0 Å². The Morgan fingerprint density at radius 2 is 1.77 bits per heavy atom. The van der Waals surface area contributed by atoms with Crippen LogP contribution in [-0.2, 0) is 4.74 Å². The van der Waals surface area contributed by atoms with Crippen molar-refractivity contribution in [3.8, 4) is 17.2 Å². The molecule has 0 fully saturated rings. The van der Waals surface area contributed by atoms with E-state index in [1.165, 1.54) is 18.2 Å². The summed E-state index contributed by atoms with van der Waals surface area (Å²) < 4.78 is 15.8. The molecule has 2 rings (SSSR count). The van der Waals surface area contributed by atoms with Gasteiger partial charge >= 0.3 is 11.7 Å². The van der Waals surface area contributed by atoms with Gasteiger partial charge in [0, 0.05) is 6.07 Å². The van der Waals surface area contributed by atoms with Gasteiger partial charge in [-0.3, -0.25) is 14.9 Å². The number of nitrogens with one attached hydrogen (secondary N) is 1. The van der Waals surface area contributed by atoms with Gasteiger partial charge in [-0.2, -0.15) is 0 Å². The number of benzene rings is 2. The van der Waals surface area contributed by atoms with Gasteiger partial charge in [0.25, 0.3) is 5.91 Å². The van der Waals surface area contributed by atoms with Crippen molar-refractivity contribution >= 4 is 23.3 Å². The first kappa shape index (κ1) is 23.5. The first-order chi connectivity index (χ1) is 14.5. The molecule has 0 spiro atoms. The highest BCUT2D eigenvalue weighted by Gasteiger charge is 2.25. The molecule has 1 amide bonds. The van der Waals surface area contributed by atoms with Crippen LogP contribution in [0, 0.1) is 10.1 Å². The van der Waals surface area contributed by atoms with Crippen LogP contribution in [0.3, 0.4) is 0 Å². The van der Waals surface area contributed by atoms with Crippen LogP contribution in [0.5, 0.6) is 17.2 Å². The molecule has 0 saturated heterocycles. The average molecular weight is 432 g/mol. The molecule has 0 aliphatic carbocycles. The average Bonchev–Trinajstić information content (AvgIpc) is 2.67. The van der Waals surface area contributed by atoms with E-state index in [1.54, 1.807) is 27.7 Å². The predicted octanol–water partition coefficient (Wildman–Crippen LogP) is 3.91. The summed E-state index contributed by atoms with van der Waals surface area (Å²) in [5.41, 5.74) is -0.242. The third-order valence-electron chi connectivity index (χ3n) is 3.93. The SMILES string of the molecule is COc1c([N+](=O)[O-])ccc(C(=O)Nc2ccc(C(=O)OC(C)C)cc2OC(C)C)c1O. The predicted molar refractivity (Wildman–Crippen MR) is 112 cm³/mol. The summed E-state index contributed by atoms with van der Waals surface area (Å²) in [6, 6.07) is 6.54. The Kier molecular flexibility index (Phi) is 7.41. The van der Waals surface area contributed by atoms with Crippen molar-refractivity contribution in [3.05, 3.63) is 51.6 Å². The highest BCUT2D eigenvalue weighted by molar-refractivity contribution is 6.08. The number of anilines is 1. The van der Waals surface area contributed by atoms with E-state index >= 15 is 0 Å². The Morgan fingerprint density at radius 3 is 2.32 bits per heavy atom. The van der Waals surface area contributed by atoms with Gasteiger partial charge in [-0.1, -0.05) is 0 Å². The smallest absolute Gasteiger partial charge is 0.338 e. The second-order valence-corrected chi connectivity index (χ2v) is 7.06. The Hall–Kier alpha value is -3.82. The summed E-state index contributed by atoms with van der Waals surface area (Å²) in [4.78, 5) is 35.3. The number of phenolic OH excluding ortho intramolecular Hbond substituents is 1. The Morgan fingerprint density at radius 1 is 1.10 bits per heavy atom. The Labute approximate surface area is 178 Å². The molecule has 0 atom stereocenters. The summed E-state index contributed by atoms with van der Waals surface area (Å²) >= 11 is 0. The molecule has 31 heavy (non-hydrogen) atoms. The molecule has 0 aliphatic heterocycles. The normalized spacial score (nSPS) is 10.7. The van der Waals surface area contributed by atoms with E-state index in [0.717, 1.165) is 19.2 Å². The molecule has 0 aromatic heterocycles. The maximum atomic E-state index is 12.7. The van der Waals surface area contributed by atoms with E-state index in [4.69, 9.17) is 14.2 Å². The van der Waals surface area contributed by atoms with Crippen LogP contribution in [0.25, 0.3) is 0 Å². The molecule has 0 bridgehead atoms. The molecule has 0 aliphatic rings. The minimum atomic E-state index is -0.753. The molecule has 2 aromatic carbocycles. The standard InChI is InChI=1S/C21H24N2O8/c1-11(2)30-17-10-13(21(26)31-12(3)4)6-8-15(17)22-20(25)14-7-9-16(23(27)28)19(29-5)18(14)24/h6-12,24H,1-5H3,(H,22,25). The monoisotopic (exact) mass is 432 g/mol. The number of hydrogen-bond donors (Lipinski definition) is 2. The topological polar surface area (TPSA) is 137 Å². The second kappa shape index (κ2) is 9.79. The fourth-order valence-electron chi connectivity index (χ4n) is 2.66. The van der Waals surface area contributed by atoms with E-state index in [9.17, 15) is 24.8 Å². The molecule has 10 nitrogen and oxygen atoms in total. The highest BCUT2D eigenvalue weighted by atomic mass is 16.6. The van der Waals surface area contributed by atoms with Crippen molar-refractivity contribution in [1.82, 2.24) is 0 Å². The quantitative estimate of drug-likeness (QED) is 0.364. The number of ether oxygens (including phenoxy) is 3. The molecular weight excluding hydrogens is 408 g/mol. The van der Waals surface area contributed by atoms with Crippen molar-refractivity contribution in [2.45, 2.75) is 39.9 Å². The number of phenols is 1. The van der Waals surface area contributed by atoms with Gasteiger partial charge in [-0.15, -0.1) is 0 Å². The fourth-order valence-corrected chi connectivity index (χ4v) is 2.66. The van der Waals surface area contributed by atoms with Crippen molar-refractivity contribution in [2.24, 2.45) is 0 Å². The van der Waals surface area contributed by atoms with Gasteiger partial charge in [0.15, 0.2) is 5.75 Å². The lowest BCUT2D eigenvalue weighted by molar-refractivity contribution is -0.385.